The zero-order chi connectivity index (χ0) is 22.8. The molecule has 170 valence electrons. The molecule has 0 bridgehead atoms. The highest BCUT2D eigenvalue weighted by Crippen LogP contribution is 2.26. The summed E-state index contributed by atoms with van der Waals surface area (Å²) in [5.41, 5.74) is 4.67. The van der Waals surface area contributed by atoms with Gasteiger partial charge < -0.3 is 20.3 Å². The quantitative estimate of drug-likeness (QED) is 0.467. The van der Waals surface area contributed by atoms with Crippen molar-refractivity contribution in [3.63, 3.8) is 0 Å². The maximum absolute atomic E-state index is 5.66. The molecular weight excluding hydrogens is 416 g/mol. The van der Waals surface area contributed by atoms with E-state index in [1.165, 1.54) is 5.69 Å². The number of nitrogens with one attached hydrogen (secondary N) is 2. The highest BCUT2D eigenvalue weighted by molar-refractivity contribution is 5.77. The Bertz CT molecular complexity index is 1240. The number of nitrogens with zero attached hydrogens (tertiary/aromatic N) is 6. The topological polar surface area (TPSA) is 92.5 Å². The zero-order valence-corrected chi connectivity index (χ0v) is 19.1. The van der Waals surface area contributed by atoms with Gasteiger partial charge in [-0.2, -0.15) is 5.10 Å². The maximum atomic E-state index is 5.66. The first-order chi connectivity index (χ1) is 16.1. The summed E-state index contributed by atoms with van der Waals surface area (Å²) >= 11 is 0. The molecule has 0 spiro atoms. The molecule has 1 fully saturated rings. The molecular formula is C24H28N8O. The second kappa shape index (κ2) is 9.03. The number of fused-ring (bicyclic) bond motifs is 1. The Morgan fingerprint density at radius 2 is 1.97 bits per heavy atom. The first kappa shape index (κ1) is 21.1. The number of aromatic nitrogens is 5. The minimum absolute atomic E-state index is 0.0507. The number of hydrogen-bond acceptors (Lipinski definition) is 8. The van der Waals surface area contributed by atoms with Gasteiger partial charge >= 0.3 is 0 Å². The summed E-state index contributed by atoms with van der Waals surface area (Å²) < 4.78 is 7.23. The van der Waals surface area contributed by atoms with Gasteiger partial charge in [0.2, 0.25) is 11.8 Å². The van der Waals surface area contributed by atoms with Crippen LogP contribution in [0.2, 0.25) is 0 Å². The normalized spacial score (nSPS) is 16.4. The van der Waals surface area contributed by atoms with Crippen molar-refractivity contribution in [2.45, 2.75) is 32.9 Å². The Kier molecular flexibility index (Phi) is 5.78. The molecule has 0 aliphatic carbocycles. The summed E-state index contributed by atoms with van der Waals surface area (Å²) in [5, 5.41) is 15.5. The lowest BCUT2D eigenvalue weighted by Gasteiger charge is -2.36. The van der Waals surface area contributed by atoms with Gasteiger partial charge in [-0.25, -0.2) is 9.97 Å². The SMILES string of the molecule is CC(C)Oc1ccc2c(-c3ccnc(Nc4ccc(N5CCNCC5C)cc4)n3)cnn2n1. The molecule has 33 heavy (non-hydrogen) atoms. The Hall–Kier alpha value is -3.72. The van der Waals surface area contributed by atoms with Crippen LogP contribution in [0.5, 0.6) is 5.88 Å². The van der Waals surface area contributed by atoms with Gasteiger partial charge in [-0.3, -0.25) is 0 Å². The summed E-state index contributed by atoms with van der Waals surface area (Å²) in [6, 6.07) is 14.6. The first-order valence-electron chi connectivity index (χ1n) is 11.3. The van der Waals surface area contributed by atoms with Gasteiger partial charge in [0.05, 0.1) is 23.5 Å². The Labute approximate surface area is 192 Å². The smallest absolute Gasteiger partial charge is 0.233 e. The van der Waals surface area contributed by atoms with Crippen molar-refractivity contribution < 1.29 is 4.74 Å². The van der Waals surface area contributed by atoms with Crippen LogP contribution in [-0.2, 0) is 0 Å². The van der Waals surface area contributed by atoms with E-state index in [-0.39, 0.29) is 6.10 Å². The van der Waals surface area contributed by atoms with Crippen LogP contribution in [0.1, 0.15) is 20.8 Å². The predicted octanol–water partition coefficient (Wildman–Crippen LogP) is 3.52. The van der Waals surface area contributed by atoms with Crippen LogP contribution in [0.3, 0.4) is 0 Å². The van der Waals surface area contributed by atoms with Crippen molar-refractivity contribution in [3.05, 3.63) is 54.9 Å². The number of benzene rings is 1. The van der Waals surface area contributed by atoms with Crippen molar-refractivity contribution in [2.75, 3.05) is 29.9 Å². The summed E-state index contributed by atoms with van der Waals surface area (Å²) in [4.78, 5) is 11.5. The molecule has 9 nitrogen and oxygen atoms in total. The van der Waals surface area contributed by atoms with Crippen molar-refractivity contribution in [1.29, 1.82) is 0 Å². The van der Waals surface area contributed by atoms with E-state index in [4.69, 9.17) is 9.72 Å². The molecule has 3 aromatic heterocycles. The van der Waals surface area contributed by atoms with Gasteiger partial charge in [0, 0.05) is 54.9 Å². The minimum atomic E-state index is 0.0507. The third-order valence-electron chi connectivity index (χ3n) is 5.61. The van der Waals surface area contributed by atoms with Crippen LogP contribution in [0.25, 0.3) is 16.8 Å². The molecule has 1 atom stereocenters. The van der Waals surface area contributed by atoms with E-state index in [0.717, 1.165) is 42.1 Å². The second-order valence-corrected chi connectivity index (χ2v) is 8.46. The van der Waals surface area contributed by atoms with Crippen LogP contribution < -0.4 is 20.3 Å². The van der Waals surface area contributed by atoms with E-state index in [1.807, 2.05) is 32.0 Å². The monoisotopic (exact) mass is 444 g/mol. The number of anilines is 3. The highest BCUT2D eigenvalue weighted by Gasteiger charge is 2.18. The number of ether oxygens (including phenoxy) is 1. The number of piperazine rings is 1. The molecule has 9 heteroatoms. The standard InChI is InChI=1S/C24H28N8O/c1-16(2)33-23-9-8-22-20(15-27-32(22)30-23)21-10-11-26-24(29-21)28-18-4-6-19(7-5-18)31-13-12-25-14-17(31)3/h4-11,15-17,25H,12-14H2,1-3H3,(H,26,28,29). The van der Waals surface area contributed by atoms with Gasteiger partial charge in [-0.1, -0.05) is 0 Å². The van der Waals surface area contributed by atoms with Gasteiger partial charge in [0.1, 0.15) is 0 Å². The van der Waals surface area contributed by atoms with Crippen LogP contribution in [0.15, 0.2) is 54.9 Å². The van der Waals surface area contributed by atoms with E-state index in [1.54, 1.807) is 17.0 Å². The first-order valence-corrected chi connectivity index (χ1v) is 11.3. The average Bonchev–Trinajstić information content (AvgIpc) is 3.23. The summed E-state index contributed by atoms with van der Waals surface area (Å²) in [6.45, 7) is 9.20. The van der Waals surface area contributed by atoms with Crippen molar-refractivity contribution >= 4 is 22.8 Å². The minimum Gasteiger partial charge on any atom is -0.474 e. The van der Waals surface area contributed by atoms with Crippen molar-refractivity contribution in [3.8, 4) is 17.1 Å². The summed E-state index contributed by atoms with van der Waals surface area (Å²) in [5.74, 6) is 1.07. The molecule has 1 aliphatic heterocycles. The molecule has 0 saturated carbocycles. The Morgan fingerprint density at radius 1 is 1.12 bits per heavy atom. The van der Waals surface area contributed by atoms with Crippen LogP contribution >= 0.6 is 0 Å². The molecule has 4 heterocycles. The van der Waals surface area contributed by atoms with Gasteiger partial charge in [-0.15, -0.1) is 9.73 Å². The van der Waals surface area contributed by atoms with Gasteiger partial charge in [0.15, 0.2) is 0 Å². The van der Waals surface area contributed by atoms with Crippen molar-refractivity contribution in [2.24, 2.45) is 0 Å². The molecule has 1 unspecified atom stereocenters. The zero-order valence-electron chi connectivity index (χ0n) is 19.1. The third kappa shape index (κ3) is 4.58. The Balaban J connectivity index is 1.34. The van der Waals surface area contributed by atoms with Gasteiger partial charge in [-0.05, 0) is 57.2 Å². The molecule has 2 N–H and O–H groups in total. The molecule has 5 rings (SSSR count). The third-order valence-corrected chi connectivity index (χ3v) is 5.61. The van der Waals surface area contributed by atoms with E-state index >= 15 is 0 Å². The van der Waals surface area contributed by atoms with E-state index in [0.29, 0.717) is 17.9 Å². The van der Waals surface area contributed by atoms with E-state index < -0.39 is 0 Å². The fraction of sp³-hybridized carbons (Fsp3) is 0.333. The number of hydrogen-bond donors (Lipinski definition) is 2. The van der Waals surface area contributed by atoms with Crippen molar-refractivity contribution in [1.82, 2.24) is 30.1 Å². The molecule has 0 amide bonds. The van der Waals surface area contributed by atoms with E-state index in [9.17, 15) is 0 Å². The lowest BCUT2D eigenvalue weighted by molar-refractivity contribution is 0.228. The van der Waals surface area contributed by atoms with Gasteiger partial charge in [0.25, 0.3) is 0 Å². The largest absolute Gasteiger partial charge is 0.474 e. The Morgan fingerprint density at radius 3 is 2.76 bits per heavy atom. The number of rotatable bonds is 6. The summed E-state index contributed by atoms with van der Waals surface area (Å²) in [6.07, 6.45) is 3.56. The second-order valence-electron chi connectivity index (χ2n) is 8.46. The van der Waals surface area contributed by atoms with E-state index in [2.05, 4.69) is 61.9 Å². The molecule has 1 aromatic carbocycles. The van der Waals surface area contributed by atoms with Crippen LogP contribution in [0.4, 0.5) is 17.3 Å². The fourth-order valence-corrected chi connectivity index (χ4v) is 4.02. The van der Waals surface area contributed by atoms with Crippen LogP contribution in [0, 0.1) is 0 Å². The maximum Gasteiger partial charge on any atom is 0.233 e. The fourth-order valence-electron chi connectivity index (χ4n) is 4.02. The van der Waals surface area contributed by atoms with Crippen LogP contribution in [-0.4, -0.2) is 56.6 Å². The lowest BCUT2D eigenvalue weighted by atomic mass is 10.1. The lowest BCUT2D eigenvalue weighted by Crippen LogP contribution is -2.49. The molecule has 1 saturated heterocycles. The molecule has 1 aliphatic rings. The average molecular weight is 445 g/mol. The summed E-state index contributed by atoms with van der Waals surface area (Å²) in [7, 11) is 0. The predicted molar refractivity (Wildman–Crippen MR) is 129 cm³/mol. The molecule has 0 radical (unpaired) electrons. The molecule has 4 aromatic rings. The highest BCUT2D eigenvalue weighted by atomic mass is 16.5.